The maximum Gasteiger partial charge on any atom is 0.321 e. The average Bonchev–Trinajstić information content (AvgIpc) is 3.34. The Kier molecular flexibility index (Phi) is 8.38. The minimum absolute atomic E-state index is 0.0641. The van der Waals surface area contributed by atoms with Crippen molar-refractivity contribution in [1.82, 2.24) is 14.4 Å². The van der Waals surface area contributed by atoms with Gasteiger partial charge in [0, 0.05) is 42.5 Å². The number of thioether (sulfide) groups is 1. The number of piperazine rings is 1. The van der Waals surface area contributed by atoms with Gasteiger partial charge < -0.3 is 24.4 Å². The summed E-state index contributed by atoms with van der Waals surface area (Å²) in [6.45, 7) is 3.75. The van der Waals surface area contributed by atoms with E-state index in [2.05, 4.69) is 5.32 Å². The van der Waals surface area contributed by atoms with Crippen molar-refractivity contribution in [2.45, 2.75) is 11.8 Å². The van der Waals surface area contributed by atoms with E-state index < -0.39 is 0 Å². The van der Waals surface area contributed by atoms with Gasteiger partial charge in [-0.15, -0.1) is 11.8 Å². The maximum absolute atomic E-state index is 13.8. The molecule has 4 aromatic rings. The van der Waals surface area contributed by atoms with E-state index in [0.29, 0.717) is 36.8 Å². The number of ether oxygens (including phenoxy) is 1. The summed E-state index contributed by atoms with van der Waals surface area (Å²) < 4.78 is 7.36. The van der Waals surface area contributed by atoms with Gasteiger partial charge in [0.1, 0.15) is 5.75 Å². The minimum Gasteiger partial charge on any atom is -0.497 e. The number of aromatic nitrogens is 1. The predicted octanol–water partition coefficient (Wildman–Crippen LogP) is 6.83. The van der Waals surface area contributed by atoms with Gasteiger partial charge in [-0.05, 0) is 85.5 Å². The van der Waals surface area contributed by atoms with Crippen LogP contribution in [0.5, 0.6) is 5.75 Å². The topological polar surface area (TPSA) is 66.8 Å². The van der Waals surface area contributed by atoms with Gasteiger partial charge in [0.15, 0.2) is 0 Å². The molecule has 0 saturated carbocycles. The minimum atomic E-state index is -0.160. The standard InChI is InChI=1S/C31H31ClN4O3S/c1-21-26(20-29(22-8-12-24(39-2)13-9-22)36(21)28-7-5-4-6-27(28)32)30(37)34-16-18-35(19-17-34)31(38)33-23-10-14-25(40-3)15-11-23/h4-15,20H,16-19H2,1-3H3,(H,33,38). The lowest BCUT2D eigenvalue weighted by Crippen LogP contribution is -2.51. The number of amides is 3. The largest absolute Gasteiger partial charge is 0.497 e. The Balaban J connectivity index is 1.36. The molecule has 0 radical (unpaired) electrons. The van der Waals surface area contributed by atoms with Crippen molar-refractivity contribution in [3.8, 4) is 22.7 Å². The molecule has 206 valence electrons. The first-order valence-electron chi connectivity index (χ1n) is 13.0. The van der Waals surface area contributed by atoms with E-state index >= 15 is 0 Å². The number of urea groups is 1. The van der Waals surface area contributed by atoms with Crippen molar-refractivity contribution in [2.75, 3.05) is 44.9 Å². The first-order valence-corrected chi connectivity index (χ1v) is 14.6. The van der Waals surface area contributed by atoms with Crippen molar-refractivity contribution < 1.29 is 14.3 Å². The Morgan fingerprint density at radius 2 is 1.55 bits per heavy atom. The summed E-state index contributed by atoms with van der Waals surface area (Å²) >= 11 is 8.27. The highest BCUT2D eigenvalue weighted by molar-refractivity contribution is 7.98. The zero-order valence-corrected chi connectivity index (χ0v) is 24.3. The lowest BCUT2D eigenvalue weighted by atomic mass is 10.1. The summed E-state index contributed by atoms with van der Waals surface area (Å²) in [6, 6.07) is 24.9. The van der Waals surface area contributed by atoms with Crippen molar-refractivity contribution in [3.05, 3.63) is 95.1 Å². The lowest BCUT2D eigenvalue weighted by molar-refractivity contribution is 0.0671. The van der Waals surface area contributed by atoms with Crippen molar-refractivity contribution in [2.24, 2.45) is 0 Å². The Hall–Kier alpha value is -3.88. The van der Waals surface area contributed by atoms with E-state index in [4.69, 9.17) is 16.3 Å². The molecule has 0 aliphatic carbocycles. The Morgan fingerprint density at radius 3 is 2.17 bits per heavy atom. The zero-order chi connectivity index (χ0) is 28.2. The summed E-state index contributed by atoms with van der Waals surface area (Å²) in [5.74, 6) is 0.692. The molecule has 0 bridgehead atoms. The van der Waals surface area contributed by atoms with Crippen LogP contribution in [0.1, 0.15) is 16.1 Å². The van der Waals surface area contributed by atoms with Gasteiger partial charge in [0.2, 0.25) is 0 Å². The molecule has 2 heterocycles. The molecule has 1 saturated heterocycles. The van der Waals surface area contributed by atoms with Crippen LogP contribution in [0.3, 0.4) is 0 Å². The third kappa shape index (κ3) is 5.69. The van der Waals surface area contributed by atoms with Gasteiger partial charge in [-0.3, -0.25) is 4.79 Å². The van der Waals surface area contributed by atoms with Gasteiger partial charge in [0.25, 0.3) is 5.91 Å². The van der Waals surface area contributed by atoms with Crippen molar-refractivity contribution in [3.63, 3.8) is 0 Å². The normalized spacial score (nSPS) is 13.3. The third-order valence-corrected chi connectivity index (χ3v) is 8.22. The number of hydrogen-bond donors (Lipinski definition) is 1. The molecule has 3 aromatic carbocycles. The monoisotopic (exact) mass is 574 g/mol. The summed E-state index contributed by atoms with van der Waals surface area (Å²) in [6.07, 6.45) is 2.02. The predicted molar refractivity (Wildman–Crippen MR) is 162 cm³/mol. The molecule has 7 nitrogen and oxygen atoms in total. The number of nitrogens with one attached hydrogen (secondary N) is 1. The molecule has 0 atom stereocenters. The summed E-state index contributed by atoms with van der Waals surface area (Å²) in [4.78, 5) is 31.3. The number of carbonyl (C=O) groups excluding carboxylic acids is 2. The highest BCUT2D eigenvalue weighted by Gasteiger charge is 2.28. The third-order valence-electron chi connectivity index (χ3n) is 7.15. The number of para-hydroxylation sites is 1. The number of hydrogen-bond acceptors (Lipinski definition) is 4. The first kappa shape index (κ1) is 27.7. The molecule has 1 fully saturated rings. The molecule has 40 heavy (non-hydrogen) atoms. The molecule has 1 aromatic heterocycles. The highest BCUT2D eigenvalue weighted by atomic mass is 35.5. The van der Waals surface area contributed by atoms with Gasteiger partial charge in [0.05, 0.1) is 29.1 Å². The number of rotatable bonds is 6. The van der Waals surface area contributed by atoms with Crippen molar-refractivity contribution in [1.29, 1.82) is 0 Å². The zero-order valence-electron chi connectivity index (χ0n) is 22.7. The fourth-order valence-corrected chi connectivity index (χ4v) is 5.53. The lowest BCUT2D eigenvalue weighted by Gasteiger charge is -2.34. The molecule has 1 aliphatic rings. The molecular formula is C31H31ClN4O3S. The summed E-state index contributed by atoms with van der Waals surface area (Å²) in [5.41, 5.74) is 4.77. The van der Waals surface area contributed by atoms with Crippen LogP contribution in [0.4, 0.5) is 10.5 Å². The molecular weight excluding hydrogens is 544 g/mol. The van der Waals surface area contributed by atoms with Gasteiger partial charge in [-0.25, -0.2) is 4.79 Å². The molecule has 5 rings (SSSR count). The van der Waals surface area contributed by atoms with E-state index in [1.807, 2.05) is 102 Å². The number of carbonyl (C=O) groups is 2. The number of halogens is 1. The second-order valence-electron chi connectivity index (χ2n) is 9.48. The summed E-state index contributed by atoms with van der Waals surface area (Å²) in [5, 5.41) is 3.55. The van der Waals surface area contributed by atoms with E-state index in [9.17, 15) is 9.59 Å². The van der Waals surface area contributed by atoms with Crippen LogP contribution in [0, 0.1) is 6.92 Å². The van der Waals surface area contributed by atoms with Gasteiger partial charge >= 0.3 is 6.03 Å². The Morgan fingerprint density at radius 1 is 0.900 bits per heavy atom. The number of nitrogens with zero attached hydrogens (tertiary/aromatic N) is 3. The van der Waals surface area contributed by atoms with Crippen LogP contribution in [0.2, 0.25) is 5.02 Å². The van der Waals surface area contributed by atoms with E-state index in [1.54, 1.807) is 23.8 Å². The van der Waals surface area contributed by atoms with E-state index in [1.165, 1.54) is 0 Å². The average molecular weight is 575 g/mol. The quantitative estimate of drug-likeness (QED) is 0.256. The van der Waals surface area contributed by atoms with Crippen LogP contribution < -0.4 is 10.1 Å². The van der Waals surface area contributed by atoms with Gasteiger partial charge in [-0.1, -0.05) is 23.7 Å². The smallest absolute Gasteiger partial charge is 0.321 e. The fourth-order valence-electron chi connectivity index (χ4n) is 4.90. The van der Waals surface area contributed by atoms with Crippen LogP contribution in [0.15, 0.2) is 83.8 Å². The SMILES string of the molecule is COc1ccc(-c2cc(C(=O)N3CCN(C(=O)Nc4ccc(SC)cc4)CC3)c(C)n2-c2ccccc2Cl)cc1. The first-order chi connectivity index (χ1) is 19.4. The van der Waals surface area contributed by atoms with Crippen LogP contribution in [-0.2, 0) is 0 Å². The fraction of sp³-hybridized carbons (Fsp3) is 0.226. The molecule has 0 spiro atoms. The summed E-state index contributed by atoms with van der Waals surface area (Å²) in [7, 11) is 1.63. The molecule has 3 amide bonds. The molecule has 9 heteroatoms. The molecule has 1 N–H and O–H groups in total. The molecule has 1 aliphatic heterocycles. The van der Waals surface area contributed by atoms with E-state index in [0.717, 1.165) is 39.0 Å². The Labute approximate surface area is 243 Å². The molecule has 0 unspecified atom stereocenters. The van der Waals surface area contributed by atoms with Crippen molar-refractivity contribution >= 4 is 41.0 Å². The van der Waals surface area contributed by atoms with E-state index in [-0.39, 0.29) is 11.9 Å². The second kappa shape index (κ2) is 12.1. The van der Waals surface area contributed by atoms with Crippen LogP contribution in [-0.4, -0.2) is 65.8 Å². The van der Waals surface area contributed by atoms with Gasteiger partial charge in [-0.2, -0.15) is 0 Å². The second-order valence-corrected chi connectivity index (χ2v) is 10.8. The Bertz CT molecular complexity index is 1510. The van der Waals surface area contributed by atoms with Crippen LogP contribution in [0.25, 0.3) is 16.9 Å². The number of benzene rings is 3. The number of anilines is 1. The maximum atomic E-state index is 13.8. The van der Waals surface area contributed by atoms with Crippen LogP contribution >= 0.6 is 23.4 Å². The highest BCUT2D eigenvalue weighted by Crippen LogP contribution is 2.34. The number of methoxy groups -OCH3 is 1.